The monoisotopic (exact) mass is 326 g/mol. The van der Waals surface area contributed by atoms with Crippen LogP contribution >= 0.6 is 22.7 Å². The van der Waals surface area contributed by atoms with Gasteiger partial charge in [-0.05, 0) is 46.0 Å². The molecule has 1 unspecified atom stereocenters. The molecule has 0 aliphatic rings. The van der Waals surface area contributed by atoms with E-state index in [1.54, 1.807) is 29.8 Å². The molecule has 3 heterocycles. The highest BCUT2D eigenvalue weighted by molar-refractivity contribution is 7.12. The van der Waals surface area contributed by atoms with Crippen LogP contribution in [0.2, 0.25) is 0 Å². The Balaban J connectivity index is 2.02. The van der Waals surface area contributed by atoms with Crippen molar-refractivity contribution in [2.75, 3.05) is 0 Å². The van der Waals surface area contributed by atoms with E-state index in [9.17, 15) is 5.11 Å². The van der Waals surface area contributed by atoms with E-state index in [2.05, 4.69) is 4.98 Å². The normalized spacial score (nSPS) is 13.0. The number of thiophene rings is 2. The van der Waals surface area contributed by atoms with Gasteiger partial charge in [0, 0.05) is 23.5 Å². The molecule has 3 aromatic rings. The molecule has 0 saturated carbocycles. The van der Waals surface area contributed by atoms with Crippen molar-refractivity contribution in [1.82, 2.24) is 4.98 Å². The minimum atomic E-state index is -0.872. The SMILES string of the molecule is N=C(C(=Cc1ccsc1)C(O)c1cccnc1)c1cccs1. The van der Waals surface area contributed by atoms with Crippen molar-refractivity contribution in [1.29, 1.82) is 5.41 Å². The summed E-state index contributed by atoms with van der Waals surface area (Å²) >= 11 is 3.09. The van der Waals surface area contributed by atoms with Gasteiger partial charge in [0.15, 0.2) is 0 Å². The van der Waals surface area contributed by atoms with Crippen molar-refractivity contribution < 1.29 is 5.11 Å². The van der Waals surface area contributed by atoms with E-state index < -0.39 is 6.10 Å². The summed E-state index contributed by atoms with van der Waals surface area (Å²) in [5.74, 6) is 0. The Morgan fingerprint density at radius 2 is 2.14 bits per heavy atom. The highest BCUT2D eigenvalue weighted by Gasteiger charge is 2.20. The van der Waals surface area contributed by atoms with E-state index >= 15 is 0 Å². The second-order valence-corrected chi connectivity index (χ2v) is 6.43. The molecule has 0 amide bonds. The van der Waals surface area contributed by atoms with Gasteiger partial charge in [0.1, 0.15) is 6.10 Å². The number of hydrogen-bond donors (Lipinski definition) is 2. The van der Waals surface area contributed by atoms with Crippen LogP contribution in [0.5, 0.6) is 0 Å². The van der Waals surface area contributed by atoms with E-state index in [-0.39, 0.29) is 0 Å². The molecule has 0 aromatic carbocycles. The van der Waals surface area contributed by atoms with E-state index in [4.69, 9.17) is 5.41 Å². The fourth-order valence-electron chi connectivity index (χ4n) is 2.10. The third-order valence-corrected chi connectivity index (χ3v) is 4.81. The maximum atomic E-state index is 10.7. The van der Waals surface area contributed by atoms with Crippen LogP contribution in [0.3, 0.4) is 0 Å². The van der Waals surface area contributed by atoms with E-state index in [0.29, 0.717) is 16.8 Å². The minimum absolute atomic E-state index is 0.345. The van der Waals surface area contributed by atoms with Crippen LogP contribution in [0.4, 0.5) is 0 Å². The summed E-state index contributed by atoms with van der Waals surface area (Å²) in [6, 6.07) is 9.39. The average molecular weight is 326 g/mol. The highest BCUT2D eigenvalue weighted by Crippen LogP contribution is 2.28. The molecule has 0 spiro atoms. The van der Waals surface area contributed by atoms with Crippen molar-refractivity contribution in [3.63, 3.8) is 0 Å². The first-order valence-electron chi connectivity index (χ1n) is 6.70. The maximum Gasteiger partial charge on any atom is 0.108 e. The van der Waals surface area contributed by atoms with E-state index in [0.717, 1.165) is 10.4 Å². The zero-order chi connectivity index (χ0) is 15.4. The smallest absolute Gasteiger partial charge is 0.108 e. The van der Waals surface area contributed by atoms with Gasteiger partial charge in [-0.15, -0.1) is 11.3 Å². The lowest BCUT2D eigenvalue weighted by Gasteiger charge is -2.15. The van der Waals surface area contributed by atoms with Gasteiger partial charge in [0.05, 0.1) is 10.6 Å². The number of aliphatic hydroxyl groups excluding tert-OH is 1. The largest absolute Gasteiger partial charge is 0.384 e. The van der Waals surface area contributed by atoms with Gasteiger partial charge in [0.25, 0.3) is 0 Å². The number of hydrogen-bond acceptors (Lipinski definition) is 5. The number of nitrogens with zero attached hydrogens (tertiary/aromatic N) is 1. The van der Waals surface area contributed by atoms with Crippen LogP contribution in [0.1, 0.15) is 22.1 Å². The highest BCUT2D eigenvalue weighted by atomic mass is 32.1. The molecule has 110 valence electrons. The lowest BCUT2D eigenvalue weighted by molar-refractivity contribution is 0.222. The molecule has 22 heavy (non-hydrogen) atoms. The molecular weight excluding hydrogens is 312 g/mol. The summed E-state index contributed by atoms with van der Waals surface area (Å²) in [6.07, 6.45) is 4.30. The Morgan fingerprint density at radius 3 is 2.77 bits per heavy atom. The zero-order valence-electron chi connectivity index (χ0n) is 11.6. The van der Waals surface area contributed by atoms with Crippen molar-refractivity contribution >= 4 is 34.5 Å². The molecule has 3 nitrogen and oxygen atoms in total. The van der Waals surface area contributed by atoms with Crippen molar-refractivity contribution in [2.24, 2.45) is 0 Å². The van der Waals surface area contributed by atoms with Crippen molar-refractivity contribution in [2.45, 2.75) is 6.10 Å². The summed E-state index contributed by atoms with van der Waals surface area (Å²) in [7, 11) is 0. The first kappa shape index (κ1) is 14.8. The molecule has 0 bridgehead atoms. The van der Waals surface area contributed by atoms with Gasteiger partial charge in [-0.3, -0.25) is 10.4 Å². The summed E-state index contributed by atoms with van der Waals surface area (Å²) in [4.78, 5) is 4.89. The van der Waals surface area contributed by atoms with Gasteiger partial charge >= 0.3 is 0 Å². The fraction of sp³-hybridized carbons (Fsp3) is 0.0588. The number of aliphatic hydroxyl groups is 1. The van der Waals surface area contributed by atoms with Gasteiger partial charge in [0.2, 0.25) is 0 Å². The predicted molar refractivity (Wildman–Crippen MR) is 92.6 cm³/mol. The molecule has 0 radical (unpaired) electrons. The quantitative estimate of drug-likeness (QED) is 0.683. The molecule has 3 aromatic heterocycles. The van der Waals surface area contributed by atoms with Crippen molar-refractivity contribution in [3.8, 4) is 0 Å². The number of nitrogens with one attached hydrogen (secondary N) is 1. The topological polar surface area (TPSA) is 57.0 Å². The van der Waals surface area contributed by atoms with Crippen LogP contribution in [0.15, 0.2) is 64.4 Å². The molecule has 0 aliphatic carbocycles. The first-order valence-corrected chi connectivity index (χ1v) is 8.52. The van der Waals surface area contributed by atoms with Crippen molar-refractivity contribution in [3.05, 3.63) is 80.4 Å². The Labute approximate surface area is 136 Å². The number of aromatic nitrogens is 1. The predicted octanol–water partition coefficient (Wildman–Crippen LogP) is 4.39. The Morgan fingerprint density at radius 1 is 1.23 bits per heavy atom. The summed E-state index contributed by atoms with van der Waals surface area (Å²) in [5, 5.41) is 25.1. The molecule has 0 aliphatic heterocycles. The zero-order valence-corrected chi connectivity index (χ0v) is 13.3. The molecule has 0 fully saturated rings. The summed E-state index contributed by atoms with van der Waals surface area (Å²) < 4.78 is 0. The summed E-state index contributed by atoms with van der Waals surface area (Å²) in [6.45, 7) is 0. The fourth-order valence-corrected chi connectivity index (χ4v) is 3.42. The van der Waals surface area contributed by atoms with Gasteiger partial charge in [-0.2, -0.15) is 11.3 Å². The Kier molecular flexibility index (Phi) is 4.58. The molecule has 5 heteroatoms. The van der Waals surface area contributed by atoms with E-state index in [1.807, 2.05) is 46.5 Å². The second-order valence-electron chi connectivity index (χ2n) is 4.70. The third kappa shape index (κ3) is 3.22. The van der Waals surface area contributed by atoms with Gasteiger partial charge < -0.3 is 5.11 Å². The molecular formula is C17H14N2OS2. The third-order valence-electron chi connectivity index (χ3n) is 3.22. The lowest BCUT2D eigenvalue weighted by Crippen LogP contribution is -2.11. The van der Waals surface area contributed by atoms with Crippen LogP contribution in [0.25, 0.3) is 6.08 Å². The number of pyridine rings is 1. The molecule has 2 N–H and O–H groups in total. The molecule has 3 rings (SSSR count). The van der Waals surface area contributed by atoms with Crippen LogP contribution < -0.4 is 0 Å². The minimum Gasteiger partial charge on any atom is -0.384 e. The Bertz CT molecular complexity index is 762. The van der Waals surface area contributed by atoms with Crippen LogP contribution in [-0.2, 0) is 0 Å². The summed E-state index contributed by atoms with van der Waals surface area (Å²) in [5.41, 5.74) is 2.60. The standard InChI is InChI=1S/C17H14N2OS2/c18-16(15-4-2-7-22-15)14(9-12-5-8-21-11-12)17(20)13-3-1-6-19-10-13/h1-11,17-18,20H. The van der Waals surface area contributed by atoms with Gasteiger partial charge in [-0.25, -0.2) is 0 Å². The van der Waals surface area contributed by atoms with E-state index in [1.165, 1.54) is 11.3 Å². The lowest BCUT2D eigenvalue weighted by atomic mass is 9.96. The van der Waals surface area contributed by atoms with Gasteiger partial charge in [-0.1, -0.05) is 12.1 Å². The maximum absolute atomic E-state index is 10.7. The molecule has 1 atom stereocenters. The average Bonchev–Trinajstić information content (AvgIpc) is 3.25. The van der Waals surface area contributed by atoms with Crippen LogP contribution in [0, 0.1) is 5.41 Å². The van der Waals surface area contributed by atoms with Crippen LogP contribution in [-0.4, -0.2) is 15.8 Å². The Hall–Kier alpha value is -2.08. The second kappa shape index (κ2) is 6.79. The first-order chi connectivity index (χ1) is 10.8. The number of rotatable bonds is 5. The molecule has 0 saturated heterocycles.